The number of nitrogens with zero attached hydrogens (tertiary/aromatic N) is 3. The zero-order valence-electron chi connectivity index (χ0n) is 17.1. The number of thioether (sulfide) groups is 1. The van der Waals surface area contributed by atoms with Gasteiger partial charge >= 0.3 is 0 Å². The second-order valence-electron chi connectivity index (χ2n) is 7.30. The van der Waals surface area contributed by atoms with E-state index >= 15 is 0 Å². The summed E-state index contributed by atoms with van der Waals surface area (Å²) in [4.78, 5) is 12.5. The lowest BCUT2D eigenvalue weighted by atomic mass is 9.97. The molecule has 1 N–H and O–H groups in total. The van der Waals surface area contributed by atoms with Crippen molar-refractivity contribution in [3.8, 4) is 17.1 Å². The molecular weight excluding hydrogens is 384 g/mol. The zero-order valence-corrected chi connectivity index (χ0v) is 17.9. The predicted molar refractivity (Wildman–Crippen MR) is 117 cm³/mol. The molecule has 0 radical (unpaired) electrons. The first-order valence-electron chi connectivity index (χ1n) is 10.3. The molecule has 1 heterocycles. The Hall–Kier alpha value is -2.28. The van der Waals surface area contributed by atoms with E-state index in [4.69, 9.17) is 4.74 Å². The molecule has 0 spiro atoms. The molecule has 1 aliphatic carbocycles. The third-order valence-corrected chi connectivity index (χ3v) is 6.15. The fraction of sp³-hybridized carbons (Fsp3) is 0.500. The summed E-state index contributed by atoms with van der Waals surface area (Å²) in [6, 6.07) is 8.03. The number of carbonyl (C=O) groups is 1. The van der Waals surface area contributed by atoms with Crippen LogP contribution in [-0.4, -0.2) is 39.6 Å². The number of hydrogen-bond donors (Lipinski definition) is 1. The molecule has 3 rings (SSSR count). The van der Waals surface area contributed by atoms with Gasteiger partial charge in [0.15, 0.2) is 11.0 Å². The van der Waals surface area contributed by atoms with E-state index in [2.05, 4.69) is 22.1 Å². The predicted octanol–water partition coefficient (Wildman–Crippen LogP) is 4.46. The van der Waals surface area contributed by atoms with Crippen LogP contribution in [-0.2, 0) is 11.3 Å². The number of nitrogens with one attached hydrogen (secondary N) is 1. The van der Waals surface area contributed by atoms with Crippen LogP contribution in [0.25, 0.3) is 11.4 Å². The fourth-order valence-corrected chi connectivity index (χ4v) is 4.48. The number of amides is 1. The molecule has 0 atom stereocenters. The summed E-state index contributed by atoms with van der Waals surface area (Å²) in [5.41, 5.74) is 0.871. The highest BCUT2D eigenvalue weighted by molar-refractivity contribution is 7.99. The lowest BCUT2D eigenvalue weighted by Crippen LogP contribution is -2.36. The highest BCUT2D eigenvalue weighted by Gasteiger charge is 2.19. The summed E-state index contributed by atoms with van der Waals surface area (Å²) >= 11 is 1.41. The van der Waals surface area contributed by atoms with Gasteiger partial charge in [-0.1, -0.05) is 62.1 Å². The number of hydrogen-bond acceptors (Lipinski definition) is 5. The summed E-state index contributed by atoms with van der Waals surface area (Å²) < 4.78 is 7.44. The van der Waals surface area contributed by atoms with Crippen molar-refractivity contribution in [1.82, 2.24) is 20.1 Å². The molecule has 1 amide bonds. The summed E-state index contributed by atoms with van der Waals surface area (Å²) in [5.74, 6) is 1.85. The Bertz CT molecular complexity index is 813. The van der Waals surface area contributed by atoms with Gasteiger partial charge in [-0.2, -0.15) is 0 Å². The Morgan fingerprint density at radius 1 is 1.24 bits per heavy atom. The maximum atomic E-state index is 12.5. The van der Waals surface area contributed by atoms with Crippen LogP contribution in [0.1, 0.15) is 44.9 Å². The molecule has 1 aliphatic rings. The molecule has 0 saturated heterocycles. The number of benzene rings is 1. The standard InChI is InChI=1S/C22H30N4O2S/c1-3-15-26-21(18-13-9-10-14-19(18)28-2)24-25-22(26)29-16-20(27)23-17-11-7-5-4-6-8-12-17/h3,9-10,13-14,17H,1,4-8,11-12,15-16H2,2H3,(H,23,27). The number of rotatable bonds is 8. The molecule has 7 heteroatoms. The smallest absolute Gasteiger partial charge is 0.230 e. The number of para-hydroxylation sites is 1. The van der Waals surface area contributed by atoms with Gasteiger partial charge in [0.2, 0.25) is 5.91 Å². The molecule has 29 heavy (non-hydrogen) atoms. The monoisotopic (exact) mass is 414 g/mol. The molecule has 6 nitrogen and oxygen atoms in total. The number of carbonyl (C=O) groups excluding carboxylic acids is 1. The highest BCUT2D eigenvalue weighted by Crippen LogP contribution is 2.30. The Kier molecular flexibility index (Phi) is 8.16. The number of aromatic nitrogens is 3. The zero-order chi connectivity index (χ0) is 20.5. The lowest BCUT2D eigenvalue weighted by molar-refractivity contribution is -0.119. The fourth-order valence-electron chi connectivity index (χ4n) is 3.72. The summed E-state index contributed by atoms with van der Waals surface area (Å²) in [6.45, 7) is 4.41. The van der Waals surface area contributed by atoms with Crippen molar-refractivity contribution in [2.75, 3.05) is 12.9 Å². The molecular formula is C22H30N4O2S. The second kappa shape index (κ2) is 11.0. The van der Waals surface area contributed by atoms with E-state index < -0.39 is 0 Å². The van der Waals surface area contributed by atoms with E-state index in [1.165, 1.54) is 43.9 Å². The number of allylic oxidation sites excluding steroid dienone is 1. The molecule has 0 unspecified atom stereocenters. The van der Waals surface area contributed by atoms with Gasteiger partial charge in [-0.3, -0.25) is 9.36 Å². The Morgan fingerprint density at radius 2 is 1.97 bits per heavy atom. The minimum absolute atomic E-state index is 0.0626. The van der Waals surface area contributed by atoms with Crippen molar-refractivity contribution in [2.24, 2.45) is 0 Å². The van der Waals surface area contributed by atoms with E-state index in [0.717, 1.165) is 24.2 Å². The molecule has 0 aliphatic heterocycles. The minimum atomic E-state index is 0.0626. The average Bonchev–Trinajstić information content (AvgIpc) is 3.11. The van der Waals surface area contributed by atoms with E-state index in [0.29, 0.717) is 29.3 Å². The molecule has 0 bridgehead atoms. The minimum Gasteiger partial charge on any atom is -0.496 e. The quantitative estimate of drug-likeness (QED) is 0.510. The molecule has 156 valence electrons. The molecule has 2 aromatic rings. The first-order chi connectivity index (χ1) is 14.2. The second-order valence-corrected chi connectivity index (χ2v) is 8.25. The van der Waals surface area contributed by atoms with Crippen LogP contribution in [0.5, 0.6) is 5.75 Å². The van der Waals surface area contributed by atoms with Crippen LogP contribution in [0.2, 0.25) is 0 Å². The van der Waals surface area contributed by atoms with Crippen LogP contribution >= 0.6 is 11.8 Å². The van der Waals surface area contributed by atoms with E-state index in [-0.39, 0.29) is 5.91 Å². The van der Waals surface area contributed by atoms with Gasteiger partial charge in [0.25, 0.3) is 0 Å². The van der Waals surface area contributed by atoms with E-state index in [1.54, 1.807) is 13.2 Å². The van der Waals surface area contributed by atoms with Crippen LogP contribution in [0, 0.1) is 0 Å². The Morgan fingerprint density at radius 3 is 2.69 bits per heavy atom. The highest BCUT2D eigenvalue weighted by atomic mass is 32.2. The first kappa shape index (κ1) is 21.4. The van der Waals surface area contributed by atoms with Crippen LogP contribution in [0.3, 0.4) is 0 Å². The van der Waals surface area contributed by atoms with Gasteiger partial charge in [-0.15, -0.1) is 16.8 Å². The summed E-state index contributed by atoms with van der Waals surface area (Å²) in [7, 11) is 1.64. The van der Waals surface area contributed by atoms with Crippen molar-refractivity contribution < 1.29 is 9.53 Å². The summed E-state index contributed by atoms with van der Waals surface area (Å²) in [5, 5.41) is 12.6. The maximum absolute atomic E-state index is 12.5. The molecule has 1 aromatic heterocycles. The van der Waals surface area contributed by atoms with Crippen molar-refractivity contribution in [3.05, 3.63) is 36.9 Å². The average molecular weight is 415 g/mol. The van der Waals surface area contributed by atoms with Gasteiger partial charge in [0, 0.05) is 12.6 Å². The largest absolute Gasteiger partial charge is 0.496 e. The van der Waals surface area contributed by atoms with Crippen molar-refractivity contribution in [2.45, 2.75) is 62.7 Å². The normalized spacial score (nSPS) is 15.3. The molecule has 1 saturated carbocycles. The number of methoxy groups -OCH3 is 1. The van der Waals surface area contributed by atoms with E-state index in [9.17, 15) is 4.79 Å². The van der Waals surface area contributed by atoms with Crippen molar-refractivity contribution >= 4 is 17.7 Å². The molecule has 1 aromatic carbocycles. The third-order valence-electron chi connectivity index (χ3n) is 5.18. The summed E-state index contributed by atoms with van der Waals surface area (Å²) in [6.07, 6.45) is 10.3. The van der Waals surface area contributed by atoms with Gasteiger partial charge in [0.05, 0.1) is 18.4 Å². The van der Waals surface area contributed by atoms with Gasteiger partial charge in [0.1, 0.15) is 5.75 Å². The van der Waals surface area contributed by atoms with Gasteiger partial charge < -0.3 is 10.1 Å². The third kappa shape index (κ3) is 5.85. The Balaban J connectivity index is 1.67. The van der Waals surface area contributed by atoms with Crippen LogP contribution in [0.4, 0.5) is 0 Å². The molecule has 1 fully saturated rings. The maximum Gasteiger partial charge on any atom is 0.230 e. The van der Waals surface area contributed by atoms with Gasteiger partial charge in [-0.05, 0) is 25.0 Å². The van der Waals surface area contributed by atoms with Crippen LogP contribution in [0.15, 0.2) is 42.1 Å². The SMILES string of the molecule is C=CCn1c(SCC(=O)NC2CCCCCCC2)nnc1-c1ccccc1OC. The van der Waals surface area contributed by atoms with Gasteiger partial charge in [-0.25, -0.2) is 0 Å². The van der Waals surface area contributed by atoms with Crippen molar-refractivity contribution in [3.63, 3.8) is 0 Å². The number of ether oxygens (including phenoxy) is 1. The van der Waals surface area contributed by atoms with E-state index in [1.807, 2.05) is 28.8 Å². The van der Waals surface area contributed by atoms with Crippen molar-refractivity contribution in [1.29, 1.82) is 0 Å². The topological polar surface area (TPSA) is 69.0 Å². The Labute approximate surface area is 177 Å². The van der Waals surface area contributed by atoms with Crippen LogP contribution < -0.4 is 10.1 Å². The first-order valence-corrected chi connectivity index (χ1v) is 11.3. The lowest BCUT2D eigenvalue weighted by Gasteiger charge is -2.20.